The molecule has 3 aromatic rings. The van der Waals surface area contributed by atoms with Crippen LogP contribution in [0.5, 0.6) is 0 Å². The summed E-state index contributed by atoms with van der Waals surface area (Å²) in [5.74, 6) is -1.30. The van der Waals surface area contributed by atoms with E-state index in [0.29, 0.717) is 5.69 Å². The standard InChI is InChI=1S/C13H8N6O3/c20-12-9(13(21)22)10(7-5-14-1-3-16-7)18-11(19-12)8-6-15-2-4-17-8/h1-6H,(H,21,22)(H,18,19,20). The van der Waals surface area contributed by atoms with Gasteiger partial charge in [0.1, 0.15) is 17.1 Å². The van der Waals surface area contributed by atoms with Crippen molar-refractivity contribution in [1.29, 1.82) is 0 Å². The van der Waals surface area contributed by atoms with Crippen LogP contribution in [0.3, 0.4) is 0 Å². The zero-order valence-electron chi connectivity index (χ0n) is 11.0. The van der Waals surface area contributed by atoms with E-state index in [0.717, 1.165) is 0 Å². The number of aromatic carboxylic acids is 1. The quantitative estimate of drug-likeness (QED) is 0.708. The van der Waals surface area contributed by atoms with Gasteiger partial charge in [-0.2, -0.15) is 0 Å². The van der Waals surface area contributed by atoms with Crippen LogP contribution in [-0.2, 0) is 0 Å². The Bertz CT molecular complexity index is 879. The zero-order chi connectivity index (χ0) is 15.5. The Hall–Kier alpha value is -3.49. The highest BCUT2D eigenvalue weighted by molar-refractivity contribution is 5.94. The summed E-state index contributed by atoms with van der Waals surface area (Å²) < 4.78 is 0. The van der Waals surface area contributed by atoms with Gasteiger partial charge in [-0.05, 0) is 0 Å². The van der Waals surface area contributed by atoms with E-state index in [1.807, 2.05) is 0 Å². The van der Waals surface area contributed by atoms with Crippen molar-refractivity contribution < 1.29 is 9.90 Å². The first-order valence-corrected chi connectivity index (χ1v) is 6.07. The summed E-state index contributed by atoms with van der Waals surface area (Å²) in [5.41, 5.74) is -0.903. The van der Waals surface area contributed by atoms with Crippen LogP contribution in [0, 0.1) is 0 Å². The Morgan fingerprint density at radius 1 is 1.00 bits per heavy atom. The number of carboxylic acids is 1. The molecule has 9 nitrogen and oxygen atoms in total. The molecule has 0 bridgehead atoms. The number of hydrogen-bond donors (Lipinski definition) is 2. The molecule has 0 unspecified atom stereocenters. The molecule has 2 N–H and O–H groups in total. The van der Waals surface area contributed by atoms with Gasteiger partial charge in [0.25, 0.3) is 5.56 Å². The number of aromatic nitrogens is 6. The van der Waals surface area contributed by atoms with Crippen molar-refractivity contribution in [3.8, 4) is 22.9 Å². The largest absolute Gasteiger partial charge is 0.477 e. The monoisotopic (exact) mass is 296 g/mol. The van der Waals surface area contributed by atoms with E-state index < -0.39 is 17.1 Å². The molecule has 22 heavy (non-hydrogen) atoms. The second kappa shape index (κ2) is 5.48. The van der Waals surface area contributed by atoms with E-state index in [4.69, 9.17) is 0 Å². The highest BCUT2D eigenvalue weighted by atomic mass is 16.4. The summed E-state index contributed by atoms with van der Waals surface area (Å²) in [6, 6.07) is 0. The lowest BCUT2D eigenvalue weighted by molar-refractivity contribution is 0.0695. The molecule has 0 fully saturated rings. The van der Waals surface area contributed by atoms with E-state index in [1.165, 1.54) is 37.2 Å². The maximum atomic E-state index is 12.1. The van der Waals surface area contributed by atoms with Gasteiger partial charge in [0.15, 0.2) is 11.4 Å². The van der Waals surface area contributed by atoms with Crippen LogP contribution in [0.25, 0.3) is 22.9 Å². The third-order valence-electron chi connectivity index (χ3n) is 2.74. The highest BCUT2D eigenvalue weighted by Gasteiger charge is 2.21. The molecule has 0 saturated carbocycles. The Kier molecular flexibility index (Phi) is 3.36. The van der Waals surface area contributed by atoms with Gasteiger partial charge in [-0.1, -0.05) is 0 Å². The number of hydrogen-bond acceptors (Lipinski definition) is 7. The van der Waals surface area contributed by atoms with E-state index in [2.05, 4.69) is 29.9 Å². The SMILES string of the molecule is O=C(O)c1c(-c2cnccn2)nc(-c2cnccn2)[nH]c1=O. The Morgan fingerprint density at radius 3 is 2.18 bits per heavy atom. The van der Waals surface area contributed by atoms with Crippen molar-refractivity contribution in [2.75, 3.05) is 0 Å². The predicted octanol–water partition coefficient (Wildman–Crippen LogP) is 0.382. The Labute approximate surface area is 122 Å². The number of carboxylic acid groups (broad SMARTS) is 1. The van der Waals surface area contributed by atoms with Gasteiger partial charge >= 0.3 is 5.97 Å². The summed E-state index contributed by atoms with van der Waals surface area (Å²) >= 11 is 0. The molecule has 0 aromatic carbocycles. The van der Waals surface area contributed by atoms with Gasteiger partial charge in [-0.25, -0.2) is 14.8 Å². The lowest BCUT2D eigenvalue weighted by atomic mass is 10.1. The smallest absolute Gasteiger partial charge is 0.343 e. The molecule has 0 aliphatic rings. The fourth-order valence-corrected chi connectivity index (χ4v) is 1.82. The minimum absolute atomic E-state index is 0.0787. The molecule has 108 valence electrons. The molecule has 3 heterocycles. The second-order valence-corrected chi connectivity index (χ2v) is 4.12. The topological polar surface area (TPSA) is 135 Å². The summed E-state index contributed by atoms with van der Waals surface area (Å²) in [5, 5.41) is 9.23. The van der Waals surface area contributed by atoms with E-state index >= 15 is 0 Å². The van der Waals surface area contributed by atoms with Crippen molar-refractivity contribution in [3.05, 3.63) is 53.1 Å². The molecule has 3 aromatic heterocycles. The minimum atomic E-state index is -1.40. The molecule has 0 radical (unpaired) electrons. The van der Waals surface area contributed by atoms with Gasteiger partial charge in [0.05, 0.1) is 12.4 Å². The number of H-pyrrole nitrogens is 1. The third kappa shape index (κ3) is 2.42. The number of carbonyl (C=O) groups is 1. The van der Waals surface area contributed by atoms with Crippen LogP contribution in [0.2, 0.25) is 0 Å². The highest BCUT2D eigenvalue weighted by Crippen LogP contribution is 2.18. The first-order chi connectivity index (χ1) is 10.7. The van der Waals surface area contributed by atoms with Gasteiger partial charge < -0.3 is 10.1 Å². The van der Waals surface area contributed by atoms with Crippen molar-refractivity contribution >= 4 is 5.97 Å². The Balaban J connectivity index is 2.29. The van der Waals surface area contributed by atoms with Crippen LogP contribution in [0.15, 0.2) is 42.0 Å². The van der Waals surface area contributed by atoms with Gasteiger partial charge in [-0.3, -0.25) is 19.7 Å². The molecule has 0 amide bonds. The molecule has 0 aliphatic heterocycles. The Morgan fingerprint density at radius 2 is 1.64 bits per heavy atom. The van der Waals surface area contributed by atoms with Crippen LogP contribution in [-0.4, -0.2) is 41.0 Å². The maximum absolute atomic E-state index is 12.1. The van der Waals surface area contributed by atoms with E-state index in [-0.39, 0.29) is 17.2 Å². The molecular weight excluding hydrogens is 288 g/mol. The maximum Gasteiger partial charge on any atom is 0.343 e. The molecule has 3 rings (SSSR count). The van der Waals surface area contributed by atoms with Crippen LogP contribution >= 0.6 is 0 Å². The first-order valence-electron chi connectivity index (χ1n) is 6.07. The van der Waals surface area contributed by atoms with Gasteiger partial charge in [0.2, 0.25) is 0 Å². The first kappa shape index (κ1) is 13.5. The van der Waals surface area contributed by atoms with Crippen LogP contribution in [0.4, 0.5) is 0 Å². The second-order valence-electron chi connectivity index (χ2n) is 4.12. The van der Waals surface area contributed by atoms with Gasteiger partial charge in [0, 0.05) is 24.8 Å². The van der Waals surface area contributed by atoms with Crippen LogP contribution in [0.1, 0.15) is 10.4 Å². The number of nitrogens with one attached hydrogen (secondary N) is 1. The van der Waals surface area contributed by atoms with Crippen molar-refractivity contribution in [2.45, 2.75) is 0 Å². The summed E-state index contributed by atoms with van der Waals surface area (Å²) in [6.07, 6.45) is 8.44. The predicted molar refractivity (Wildman–Crippen MR) is 73.9 cm³/mol. The average molecular weight is 296 g/mol. The summed E-state index contributed by atoms with van der Waals surface area (Å²) in [6.45, 7) is 0. The van der Waals surface area contributed by atoms with Crippen molar-refractivity contribution in [1.82, 2.24) is 29.9 Å². The summed E-state index contributed by atoms with van der Waals surface area (Å²) in [4.78, 5) is 45.7. The molecule has 0 aliphatic carbocycles. The van der Waals surface area contributed by atoms with E-state index in [1.54, 1.807) is 0 Å². The molecule has 9 heteroatoms. The third-order valence-corrected chi connectivity index (χ3v) is 2.74. The molecule has 0 saturated heterocycles. The fraction of sp³-hybridized carbons (Fsp3) is 0. The fourth-order valence-electron chi connectivity index (χ4n) is 1.82. The molecule has 0 spiro atoms. The van der Waals surface area contributed by atoms with Crippen molar-refractivity contribution in [2.24, 2.45) is 0 Å². The lowest BCUT2D eigenvalue weighted by Crippen LogP contribution is -2.21. The normalized spacial score (nSPS) is 10.4. The molecular formula is C13H8N6O3. The minimum Gasteiger partial charge on any atom is -0.477 e. The average Bonchev–Trinajstić information content (AvgIpc) is 2.55. The van der Waals surface area contributed by atoms with Crippen LogP contribution < -0.4 is 5.56 Å². The van der Waals surface area contributed by atoms with E-state index in [9.17, 15) is 14.7 Å². The van der Waals surface area contributed by atoms with Gasteiger partial charge in [-0.15, -0.1) is 0 Å². The number of rotatable bonds is 3. The lowest BCUT2D eigenvalue weighted by Gasteiger charge is -2.06. The molecule has 0 atom stereocenters. The zero-order valence-corrected chi connectivity index (χ0v) is 11.0. The summed E-state index contributed by atoms with van der Waals surface area (Å²) in [7, 11) is 0. The number of aromatic amines is 1. The number of nitrogens with zero attached hydrogens (tertiary/aromatic N) is 5. The van der Waals surface area contributed by atoms with Crippen molar-refractivity contribution in [3.63, 3.8) is 0 Å².